The fourth-order valence-electron chi connectivity index (χ4n) is 3.16. The van der Waals surface area contributed by atoms with Crippen LogP contribution in [0.2, 0.25) is 0 Å². The molecule has 1 aliphatic rings. The summed E-state index contributed by atoms with van der Waals surface area (Å²) in [6.07, 6.45) is 8.73. The van der Waals surface area contributed by atoms with Crippen molar-refractivity contribution in [2.45, 2.75) is 58.8 Å². The highest BCUT2D eigenvalue weighted by Crippen LogP contribution is 2.40. The SMILES string of the molecule is CCCCOCCNC(=NC)NCC1(CCOCC)CCCC1.I. The minimum Gasteiger partial charge on any atom is -0.382 e. The number of hydrogen-bond acceptors (Lipinski definition) is 3. The standard InChI is InChI=1S/C18H37N3O2.HI/c1-4-6-13-23-15-12-20-17(19-3)21-16-18(9-7-8-10-18)11-14-22-5-2;/h4-16H2,1-3H3,(H2,19,20,21);1H. The van der Waals surface area contributed by atoms with Gasteiger partial charge in [0, 0.05) is 40.0 Å². The van der Waals surface area contributed by atoms with E-state index in [1.165, 1.54) is 32.1 Å². The van der Waals surface area contributed by atoms with Crippen LogP contribution in [0.15, 0.2) is 4.99 Å². The largest absolute Gasteiger partial charge is 0.382 e. The third kappa shape index (κ3) is 10.0. The summed E-state index contributed by atoms with van der Waals surface area (Å²) in [5, 5.41) is 6.85. The Morgan fingerprint density at radius 3 is 2.42 bits per heavy atom. The maximum atomic E-state index is 5.58. The quantitative estimate of drug-likeness (QED) is 0.205. The van der Waals surface area contributed by atoms with Gasteiger partial charge in [-0.15, -0.1) is 24.0 Å². The molecule has 0 aromatic heterocycles. The summed E-state index contributed by atoms with van der Waals surface area (Å²) < 4.78 is 11.1. The summed E-state index contributed by atoms with van der Waals surface area (Å²) in [7, 11) is 1.83. The van der Waals surface area contributed by atoms with Gasteiger partial charge in [0.2, 0.25) is 0 Å². The lowest BCUT2D eigenvalue weighted by Crippen LogP contribution is -2.44. The summed E-state index contributed by atoms with van der Waals surface area (Å²) in [6, 6.07) is 0. The second-order valence-electron chi connectivity index (χ2n) is 6.47. The molecule has 1 saturated carbocycles. The molecule has 0 aromatic carbocycles. The highest BCUT2D eigenvalue weighted by atomic mass is 127. The van der Waals surface area contributed by atoms with Crippen molar-refractivity contribution in [2.75, 3.05) is 46.6 Å². The molecule has 1 rings (SSSR count). The van der Waals surface area contributed by atoms with E-state index in [1.807, 2.05) is 7.05 Å². The summed E-state index contributed by atoms with van der Waals surface area (Å²) in [6.45, 7) is 9.29. The van der Waals surface area contributed by atoms with Crippen molar-refractivity contribution < 1.29 is 9.47 Å². The van der Waals surface area contributed by atoms with E-state index in [2.05, 4.69) is 29.5 Å². The van der Waals surface area contributed by atoms with Crippen molar-refractivity contribution in [3.05, 3.63) is 0 Å². The molecule has 1 fully saturated rings. The number of aliphatic imine (C=N–C) groups is 1. The Morgan fingerprint density at radius 2 is 1.79 bits per heavy atom. The van der Waals surface area contributed by atoms with Gasteiger partial charge < -0.3 is 20.1 Å². The second kappa shape index (κ2) is 15.2. The van der Waals surface area contributed by atoms with E-state index in [4.69, 9.17) is 9.47 Å². The minimum atomic E-state index is 0. The Balaban J connectivity index is 0.00000529. The molecule has 0 bridgehead atoms. The molecular formula is C18H38IN3O2. The predicted molar refractivity (Wildman–Crippen MR) is 113 cm³/mol. The van der Waals surface area contributed by atoms with Crippen LogP contribution in [0.1, 0.15) is 58.8 Å². The lowest BCUT2D eigenvalue weighted by atomic mass is 9.83. The molecule has 0 spiro atoms. The van der Waals surface area contributed by atoms with Crippen LogP contribution in [0.4, 0.5) is 0 Å². The van der Waals surface area contributed by atoms with Crippen molar-refractivity contribution in [3.8, 4) is 0 Å². The number of guanidine groups is 1. The molecule has 0 amide bonds. The number of nitrogens with one attached hydrogen (secondary N) is 2. The highest BCUT2D eigenvalue weighted by Gasteiger charge is 2.33. The van der Waals surface area contributed by atoms with Crippen molar-refractivity contribution in [2.24, 2.45) is 10.4 Å². The normalized spacial score (nSPS) is 16.7. The number of unbranched alkanes of at least 4 members (excludes halogenated alkanes) is 1. The molecule has 5 nitrogen and oxygen atoms in total. The van der Waals surface area contributed by atoms with Crippen LogP contribution in [-0.4, -0.2) is 52.5 Å². The highest BCUT2D eigenvalue weighted by molar-refractivity contribution is 14.0. The third-order valence-corrected chi connectivity index (χ3v) is 4.68. The average molecular weight is 455 g/mol. The van der Waals surface area contributed by atoms with Crippen molar-refractivity contribution in [1.29, 1.82) is 0 Å². The van der Waals surface area contributed by atoms with Crippen LogP contribution >= 0.6 is 24.0 Å². The Labute approximate surface area is 165 Å². The van der Waals surface area contributed by atoms with Crippen LogP contribution in [0.25, 0.3) is 0 Å². The average Bonchev–Trinajstić information content (AvgIpc) is 3.03. The van der Waals surface area contributed by atoms with Crippen LogP contribution in [-0.2, 0) is 9.47 Å². The zero-order valence-corrected chi connectivity index (χ0v) is 18.2. The van der Waals surface area contributed by atoms with Crippen LogP contribution in [0, 0.1) is 5.41 Å². The van der Waals surface area contributed by atoms with E-state index in [0.717, 1.165) is 58.3 Å². The van der Waals surface area contributed by atoms with E-state index in [9.17, 15) is 0 Å². The Bertz CT molecular complexity index is 321. The first kappa shape index (κ1) is 23.9. The molecule has 0 atom stereocenters. The van der Waals surface area contributed by atoms with Crippen molar-refractivity contribution in [1.82, 2.24) is 10.6 Å². The first-order valence-corrected chi connectivity index (χ1v) is 9.36. The summed E-state index contributed by atoms with van der Waals surface area (Å²) >= 11 is 0. The topological polar surface area (TPSA) is 54.9 Å². The van der Waals surface area contributed by atoms with Crippen LogP contribution in [0.3, 0.4) is 0 Å². The second-order valence-corrected chi connectivity index (χ2v) is 6.47. The molecule has 1 aliphatic carbocycles. The predicted octanol–water partition coefficient (Wildman–Crippen LogP) is 3.57. The van der Waals surface area contributed by atoms with Gasteiger partial charge in [-0.1, -0.05) is 26.2 Å². The van der Waals surface area contributed by atoms with E-state index in [0.29, 0.717) is 5.41 Å². The number of rotatable bonds is 12. The van der Waals surface area contributed by atoms with Gasteiger partial charge in [-0.05, 0) is 38.0 Å². The van der Waals surface area contributed by atoms with Crippen LogP contribution in [0.5, 0.6) is 0 Å². The van der Waals surface area contributed by atoms with Gasteiger partial charge in [0.05, 0.1) is 6.61 Å². The Morgan fingerprint density at radius 1 is 1.04 bits per heavy atom. The Hall–Kier alpha value is -0.0800. The lowest BCUT2D eigenvalue weighted by molar-refractivity contribution is 0.105. The molecule has 0 heterocycles. The molecule has 6 heteroatoms. The van der Waals surface area contributed by atoms with E-state index < -0.39 is 0 Å². The first-order valence-electron chi connectivity index (χ1n) is 9.36. The van der Waals surface area contributed by atoms with Crippen LogP contribution < -0.4 is 10.6 Å². The van der Waals surface area contributed by atoms with Gasteiger partial charge >= 0.3 is 0 Å². The minimum absolute atomic E-state index is 0. The fraction of sp³-hybridized carbons (Fsp3) is 0.944. The summed E-state index contributed by atoms with van der Waals surface area (Å²) in [4.78, 5) is 4.32. The van der Waals surface area contributed by atoms with Gasteiger partial charge in [0.25, 0.3) is 0 Å². The molecule has 0 aliphatic heterocycles. The maximum absolute atomic E-state index is 5.58. The van der Waals surface area contributed by atoms with Crippen molar-refractivity contribution >= 4 is 29.9 Å². The number of hydrogen-bond donors (Lipinski definition) is 2. The van der Waals surface area contributed by atoms with E-state index >= 15 is 0 Å². The zero-order valence-electron chi connectivity index (χ0n) is 15.9. The fourth-order valence-corrected chi connectivity index (χ4v) is 3.16. The smallest absolute Gasteiger partial charge is 0.191 e. The first-order chi connectivity index (χ1) is 11.3. The van der Waals surface area contributed by atoms with Crippen molar-refractivity contribution in [3.63, 3.8) is 0 Å². The van der Waals surface area contributed by atoms with E-state index in [1.54, 1.807) is 0 Å². The molecule has 0 aromatic rings. The number of ether oxygens (including phenoxy) is 2. The van der Waals surface area contributed by atoms with E-state index in [-0.39, 0.29) is 24.0 Å². The molecule has 0 radical (unpaired) electrons. The van der Waals surface area contributed by atoms with Gasteiger partial charge in [-0.3, -0.25) is 4.99 Å². The van der Waals surface area contributed by atoms with Gasteiger partial charge in [-0.2, -0.15) is 0 Å². The van der Waals surface area contributed by atoms with Gasteiger partial charge in [0.15, 0.2) is 5.96 Å². The third-order valence-electron chi connectivity index (χ3n) is 4.68. The Kier molecular flexibility index (Phi) is 15.1. The maximum Gasteiger partial charge on any atom is 0.191 e. The zero-order chi connectivity index (χ0) is 16.8. The molecule has 144 valence electrons. The summed E-state index contributed by atoms with van der Waals surface area (Å²) in [5.74, 6) is 0.881. The monoisotopic (exact) mass is 455 g/mol. The molecule has 24 heavy (non-hydrogen) atoms. The summed E-state index contributed by atoms with van der Waals surface area (Å²) in [5.41, 5.74) is 0.379. The molecule has 2 N–H and O–H groups in total. The lowest BCUT2D eigenvalue weighted by Gasteiger charge is -2.30. The molecular weight excluding hydrogens is 417 g/mol. The van der Waals surface area contributed by atoms with Gasteiger partial charge in [0.1, 0.15) is 0 Å². The molecule has 0 unspecified atom stereocenters. The number of nitrogens with zero attached hydrogens (tertiary/aromatic N) is 1. The molecule has 0 saturated heterocycles. The number of halogens is 1. The van der Waals surface area contributed by atoms with Gasteiger partial charge in [-0.25, -0.2) is 0 Å².